The van der Waals surface area contributed by atoms with Crippen molar-refractivity contribution in [3.05, 3.63) is 82.2 Å². The zero-order chi connectivity index (χ0) is 21.3. The Hall–Kier alpha value is -4.48. The second-order valence-corrected chi connectivity index (χ2v) is 6.21. The van der Waals surface area contributed by atoms with Gasteiger partial charge in [-0.15, -0.1) is 5.10 Å². The van der Waals surface area contributed by atoms with E-state index >= 15 is 0 Å². The van der Waals surface area contributed by atoms with Crippen molar-refractivity contribution in [2.24, 2.45) is 0 Å². The summed E-state index contributed by atoms with van der Waals surface area (Å²) >= 11 is 0. The summed E-state index contributed by atoms with van der Waals surface area (Å²) in [4.78, 5) is 22.8. The molecule has 0 bridgehead atoms. The lowest BCUT2D eigenvalue weighted by atomic mass is 10.2. The van der Waals surface area contributed by atoms with Gasteiger partial charge in [0.25, 0.3) is 11.6 Å². The minimum atomic E-state index is -0.547. The number of non-ortho nitro benzene ring substituents is 1. The summed E-state index contributed by atoms with van der Waals surface area (Å²) in [5.41, 5.74) is 1.19. The molecule has 0 aliphatic rings. The van der Waals surface area contributed by atoms with E-state index in [0.717, 1.165) is 0 Å². The summed E-state index contributed by atoms with van der Waals surface area (Å²) in [5.74, 6) is -0.620. The van der Waals surface area contributed by atoms with Crippen molar-refractivity contribution in [1.29, 1.82) is 0 Å². The Morgan fingerprint density at radius 3 is 2.63 bits per heavy atom. The van der Waals surface area contributed by atoms with E-state index in [2.05, 4.69) is 25.9 Å². The Balaban J connectivity index is 1.54. The van der Waals surface area contributed by atoms with Gasteiger partial charge in [0.1, 0.15) is 11.5 Å². The summed E-state index contributed by atoms with van der Waals surface area (Å²) in [6, 6.07) is 9.76. The summed E-state index contributed by atoms with van der Waals surface area (Å²) < 4.78 is 16.8. The second kappa shape index (κ2) is 7.50. The van der Waals surface area contributed by atoms with Gasteiger partial charge in [0, 0.05) is 24.0 Å². The molecule has 2 aromatic carbocycles. The number of halogens is 1. The van der Waals surface area contributed by atoms with Gasteiger partial charge in [0.2, 0.25) is 0 Å². The number of aromatic nitrogens is 6. The van der Waals surface area contributed by atoms with Gasteiger partial charge in [0.05, 0.1) is 22.4 Å². The number of anilines is 1. The van der Waals surface area contributed by atoms with Crippen molar-refractivity contribution in [2.45, 2.75) is 6.92 Å². The maximum atomic E-state index is 14.2. The van der Waals surface area contributed by atoms with Crippen LogP contribution < -0.4 is 5.32 Å². The molecule has 11 nitrogen and oxygen atoms in total. The van der Waals surface area contributed by atoms with Crippen molar-refractivity contribution in [3.63, 3.8) is 0 Å². The quantitative estimate of drug-likeness (QED) is 0.396. The largest absolute Gasteiger partial charge is 0.322 e. The van der Waals surface area contributed by atoms with Gasteiger partial charge in [-0.05, 0) is 47.7 Å². The highest BCUT2D eigenvalue weighted by Crippen LogP contribution is 2.20. The number of nitro groups is 1. The van der Waals surface area contributed by atoms with E-state index in [4.69, 9.17) is 0 Å². The van der Waals surface area contributed by atoms with Crippen LogP contribution in [0.5, 0.6) is 0 Å². The topological polar surface area (TPSA) is 134 Å². The van der Waals surface area contributed by atoms with E-state index in [9.17, 15) is 19.3 Å². The highest BCUT2D eigenvalue weighted by atomic mass is 19.1. The molecule has 2 aromatic heterocycles. The molecule has 2 heterocycles. The lowest BCUT2D eigenvalue weighted by molar-refractivity contribution is -0.384. The lowest BCUT2D eigenvalue weighted by Crippen LogP contribution is -2.12. The van der Waals surface area contributed by atoms with Gasteiger partial charge in [0.15, 0.2) is 5.82 Å². The zero-order valence-corrected chi connectivity index (χ0v) is 15.4. The Kier molecular flexibility index (Phi) is 4.72. The highest BCUT2D eigenvalue weighted by molar-refractivity contribution is 6.04. The van der Waals surface area contributed by atoms with Gasteiger partial charge >= 0.3 is 0 Å². The van der Waals surface area contributed by atoms with Crippen molar-refractivity contribution in [1.82, 2.24) is 30.0 Å². The van der Waals surface area contributed by atoms with Crippen LogP contribution in [0.2, 0.25) is 0 Å². The molecule has 0 spiro atoms. The minimum absolute atomic E-state index is 0.0474. The molecule has 0 aliphatic carbocycles. The van der Waals surface area contributed by atoms with Crippen molar-refractivity contribution < 1.29 is 14.1 Å². The molecule has 150 valence electrons. The number of nitrogens with one attached hydrogen (secondary N) is 1. The average Bonchev–Trinajstić information content (AvgIpc) is 3.39. The molecule has 0 aliphatic heterocycles. The highest BCUT2D eigenvalue weighted by Gasteiger charge is 2.14. The fourth-order valence-corrected chi connectivity index (χ4v) is 2.72. The van der Waals surface area contributed by atoms with E-state index in [1.807, 2.05) is 0 Å². The smallest absolute Gasteiger partial charge is 0.269 e. The van der Waals surface area contributed by atoms with Gasteiger partial charge in [-0.3, -0.25) is 14.9 Å². The number of carbonyl (C=O) groups excluding carboxylic acids is 1. The van der Waals surface area contributed by atoms with Crippen LogP contribution in [-0.4, -0.2) is 40.8 Å². The first-order chi connectivity index (χ1) is 14.4. The fourth-order valence-electron chi connectivity index (χ4n) is 2.72. The molecule has 30 heavy (non-hydrogen) atoms. The molecule has 0 radical (unpaired) electrons. The SMILES string of the molecule is Cc1nnnn1-c1cc(NC(=O)c2cnn(-c3ccc([N+](=O)[O-])cc3)c2)ccc1F. The Morgan fingerprint density at radius 2 is 1.97 bits per heavy atom. The summed E-state index contributed by atoms with van der Waals surface area (Å²) in [6.45, 7) is 1.62. The molecule has 0 fully saturated rings. The van der Waals surface area contributed by atoms with Crippen molar-refractivity contribution in [2.75, 3.05) is 5.32 Å². The Bertz CT molecular complexity index is 1250. The third-order valence-electron chi connectivity index (χ3n) is 4.23. The number of hydrogen-bond donors (Lipinski definition) is 1. The number of nitro benzene ring substituents is 1. The molecule has 0 saturated carbocycles. The van der Waals surface area contributed by atoms with Crippen LogP contribution in [0.3, 0.4) is 0 Å². The lowest BCUT2D eigenvalue weighted by Gasteiger charge is -2.08. The first-order valence-electron chi connectivity index (χ1n) is 8.58. The van der Waals surface area contributed by atoms with Gasteiger partial charge in [-0.1, -0.05) is 0 Å². The number of rotatable bonds is 5. The number of nitrogens with zero attached hydrogens (tertiary/aromatic N) is 7. The molecule has 12 heteroatoms. The second-order valence-electron chi connectivity index (χ2n) is 6.21. The van der Waals surface area contributed by atoms with Crippen LogP contribution >= 0.6 is 0 Å². The normalized spacial score (nSPS) is 10.7. The maximum absolute atomic E-state index is 14.2. The van der Waals surface area contributed by atoms with Crippen LogP contribution in [0.1, 0.15) is 16.2 Å². The number of aryl methyl sites for hydroxylation is 1. The predicted molar refractivity (Wildman–Crippen MR) is 102 cm³/mol. The summed E-state index contributed by atoms with van der Waals surface area (Å²) in [6.07, 6.45) is 2.83. The first-order valence-corrected chi connectivity index (χ1v) is 8.58. The maximum Gasteiger partial charge on any atom is 0.269 e. The number of carbonyl (C=O) groups is 1. The van der Waals surface area contributed by atoms with Gasteiger partial charge < -0.3 is 5.32 Å². The number of amides is 1. The molecule has 4 rings (SSSR count). The number of benzene rings is 2. The first kappa shape index (κ1) is 18.9. The number of tetrazole rings is 1. The zero-order valence-electron chi connectivity index (χ0n) is 15.4. The Labute approximate surface area is 167 Å². The average molecular weight is 408 g/mol. The third kappa shape index (κ3) is 3.61. The van der Waals surface area contributed by atoms with E-state index in [0.29, 0.717) is 17.2 Å². The van der Waals surface area contributed by atoms with Crippen LogP contribution in [0.4, 0.5) is 15.8 Å². The van der Waals surface area contributed by atoms with Gasteiger partial charge in [-0.2, -0.15) is 9.78 Å². The molecule has 1 amide bonds. The standard InChI is InChI=1S/C18H13FN8O3/c1-11-22-23-24-26(11)17-8-13(2-7-16(17)19)21-18(28)12-9-20-25(10-12)14-3-5-15(6-4-14)27(29)30/h2-10H,1H3,(H,21,28). The van der Waals surface area contributed by atoms with E-state index < -0.39 is 16.6 Å². The van der Waals surface area contributed by atoms with Crippen molar-refractivity contribution >= 4 is 17.3 Å². The number of hydrogen-bond acceptors (Lipinski definition) is 7. The van der Waals surface area contributed by atoms with Gasteiger partial charge in [-0.25, -0.2) is 9.07 Å². The predicted octanol–water partition coefficient (Wildman–Crippen LogP) is 2.46. The molecular weight excluding hydrogens is 395 g/mol. The van der Waals surface area contributed by atoms with Crippen molar-refractivity contribution in [3.8, 4) is 11.4 Å². The van der Waals surface area contributed by atoms with Crippen LogP contribution in [0.15, 0.2) is 54.9 Å². The molecule has 0 unspecified atom stereocenters. The summed E-state index contributed by atoms with van der Waals surface area (Å²) in [5, 5.41) is 28.4. The van der Waals surface area contributed by atoms with E-state index in [1.165, 1.54) is 64.2 Å². The molecule has 4 aromatic rings. The molecule has 0 saturated heterocycles. The van der Waals surface area contributed by atoms with E-state index in [1.54, 1.807) is 6.92 Å². The monoisotopic (exact) mass is 408 g/mol. The van der Waals surface area contributed by atoms with Crippen LogP contribution in [0.25, 0.3) is 11.4 Å². The molecule has 0 atom stereocenters. The summed E-state index contributed by atoms with van der Waals surface area (Å²) in [7, 11) is 0. The minimum Gasteiger partial charge on any atom is -0.322 e. The van der Waals surface area contributed by atoms with Crippen LogP contribution in [-0.2, 0) is 0 Å². The Morgan fingerprint density at radius 1 is 1.20 bits per heavy atom. The molecular formula is C18H13FN8O3. The third-order valence-corrected chi connectivity index (χ3v) is 4.23. The molecule has 1 N–H and O–H groups in total. The van der Waals surface area contributed by atoms with Crippen LogP contribution in [0, 0.1) is 22.9 Å². The fraction of sp³-hybridized carbons (Fsp3) is 0.0556. The van der Waals surface area contributed by atoms with E-state index in [-0.39, 0.29) is 16.9 Å².